The van der Waals surface area contributed by atoms with Crippen molar-refractivity contribution in [3.05, 3.63) is 24.2 Å². The Bertz CT molecular complexity index is 257. The van der Waals surface area contributed by atoms with Crippen LogP contribution in [0.2, 0.25) is 0 Å². The third-order valence-electron chi connectivity index (χ3n) is 1.66. The average Bonchev–Trinajstić information content (AvgIpc) is 2.37. The molecule has 0 aliphatic heterocycles. The summed E-state index contributed by atoms with van der Waals surface area (Å²) in [7, 11) is 0. The minimum atomic E-state index is -0.753. The SMILES string of the molecule is CC(C)(N)C(=O)Cc1ccoc1. The molecule has 66 valence electrons. The first-order chi connectivity index (χ1) is 5.50. The second kappa shape index (κ2) is 3.11. The molecule has 0 aromatic carbocycles. The van der Waals surface area contributed by atoms with Crippen molar-refractivity contribution in [1.82, 2.24) is 0 Å². The Labute approximate surface area is 71.6 Å². The molecular formula is C9H13NO2. The number of furan rings is 1. The lowest BCUT2D eigenvalue weighted by Crippen LogP contribution is -2.42. The van der Waals surface area contributed by atoms with Crippen molar-refractivity contribution in [1.29, 1.82) is 0 Å². The van der Waals surface area contributed by atoms with Gasteiger partial charge in [-0.1, -0.05) is 0 Å². The van der Waals surface area contributed by atoms with Gasteiger partial charge in [-0.15, -0.1) is 0 Å². The van der Waals surface area contributed by atoms with Crippen LogP contribution in [0.3, 0.4) is 0 Å². The van der Waals surface area contributed by atoms with E-state index >= 15 is 0 Å². The van der Waals surface area contributed by atoms with Crippen LogP contribution in [0, 0.1) is 0 Å². The highest BCUT2D eigenvalue weighted by Crippen LogP contribution is 2.07. The van der Waals surface area contributed by atoms with Crippen molar-refractivity contribution in [3.63, 3.8) is 0 Å². The molecule has 0 aliphatic carbocycles. The first-order valence-electron chi connectivity index (χ1n) is 3.83. The monoisotopic (exact) mass is 167 g/mol. The van der Waals surface area contributed by atoms with Gasteiger partial charge in [-0.05, 0) is 25.5 Å². The molecule has 0 saturated carbocycles. The highest BCUT2D eigenvalue weighted by molar-refractivity contribution is 5.89. The minimum Gasteiger partial charge on any atom is -0.472 e. The average molecular weight is 167 g/mol. The van der Waals surface area contributed by atoms with Crippen LogP contribution in [0.1, 0.15) is 19.4 Å². The lowest BCUT2D eigenvalue weighted by atomic mass is 9.96. The normalized spacial score (nSPS) is 11.6. The van der Waals surface area contributed by atoms with E-state index in [1.807, 2.05) is 0 Å². The van der Waals surface area contributed by atoms with Crippen LogP contribution in [0.4, 0.5) is 0 Å². The fraction of sp³-hybridized carbons (Fsp3) is 0.444. The Kier molecular flexibility index (Phi) is 2.33. The molecule has 12 heavy (non-hydrogen) atoms. The first-order valence-corrected chi connectivity index (χ1v) is 3.83. The Morgan fingerprint density at radius 3 is 2.75 bits per heavy atom. The van der Waals surface area contributed by atoms with E-state index in [0.29, 0.717) is 6.42 Å². The maximum Gasteiger partial charge on any atom is 0.156 e. The Morgan fingerprint density at radius 1 is 1.67 bits per heavy atom. The summed E-state index contributed by atoms with van der Waals surface area (Å²) < 4.78 is 4.84. The number of hydrogen-bond acceptors (Lipinski definition) is 3. The number of ketones is 1. The predicted molar refractivity (Wildman–Crippen MR) is 45.7 cm³/mol. The van der Waals surface area contributed by atoms with Crippen molar-refractivity contribution in [2.45, 2.75) is 25.8 Å². The van der Waals surface area contributed by atoms with E-state index < -0.39 is 5.54 Å². The van der Waals surface area contributed by atoms with Crippen LogP contribution in [0.15, 0.2) is 23.0 Å². The van der Waals surface area contributed by atoms with Gasteiger partial charge >= 0.3 is 0 Å². The molecule has 0 saturated heterocycles. The van der Waals surface area contributed by atoms with Crippen LogP contribution < -0.4 is 5.73 Å². The number of carbonyl (C=O) groups is 1. The second-order valence-corrected chi connectivity index (χ2v) is 3.45. The number of hydrogen-bond donors (Lipinski definition) is 1. The molecule has 0 fully saturated rings. The van der Waals surface area contributed by atoms with Gasteiger partial charge in [0.25, 0.3) is 0 Å². The number of rotatable bonds is 3. The highest BCUT2D eigenvalue weighted by atomic mass is 16.3. The van der Waals surface area contributed by atoms with Crippen molar-refractivity contribution in [3.8, 4) is 0 Å². The van der Waals surface area contributed by atoms with Gasteiger partial charge in [-0.25, -0.2) is 0 Å². The Morgan fingerprint density at radius 2 is 2.33 bits per heavy atom. The smallest absolute Gasteiger partial charge is 0.156 e. The van der Waals surface area contributed by atoms with E-state index in [-0.39, 0.29) is 5.78 Å². The van der Waals surface area contributed by atoms with Crippen molar-refractivity contribution >= 4 is 5.78 Å². The van der Waals surface area contributed by atoms with Gasteiger partial charge in [0.2, 0.25) is 0 Å². The third-order valence-corrected chi connectivity index (χ3v) is 1.66. The molecule has 1 rings (SSSR count). The zero-order valence-electron chi connectivity index (χ0n) is 7.33. The molecule has 1 heterocycles. The Hall–Kier alpha value is -1.09. The summed E-state index contributed by atoms with van der Waals surface area (Å²) in [4.78, 5) is 11.4. The van der Waals surface area contributed by atoms with Crippen molar-refractivity contribution < 1.29 is 9.21 Å². The van der Waals surface area contributed by atoms with Gasteiger partial charge in [0, 0.05) is 6.42 Å². The molecule has 3 heteroatoms. The Balaban J connectivity index is 2.60. The van der Waals surface area contributed by atoms with Crippen LogP contribution in [-0.4, -0.2) is 11.3 Å². The largest absolute Gasteiger partial charge is 0.472 e. The van der Waals surface area contributed by atoms with Gasteiger partial charge < -0.3 is 10.2 Å². The van der Waals surface area contributed by atoms with Gasteiger partial charge in [-0.3, -0.25) is 4.79 Å². The molecule has 1 aromatic heterocycles. The van der Waals surface area contributed by atoms with E-state index in [0.717, 1.165) is 5.56 Å². The van der Waals surface area contributed by atoms with E-state index in [1.54, 1.807) is 32.4 Å². The molecule has 1 aromatic rings. The van der Waals surface area contributed by atoms with Gasteiger partial charge in [-0.2, -0.15) is 0 Å². The first kappa shape index (κ1) is 9.00. The van der Waals surface area contributed by atoms with Crippen molar-refractivity contribution in [2.24, 2.45) is 5.73 Å². The summed E-state index contributed by atoms with van der Waals surface area (Å²) in [6.07, 6.45) is 3.45. The summed E-state index contributed by atoms with van der Waals surface area (Å²) in [6, 6.07) is 1.77. The molecule has 0 amide bonds. The molecular weight excluding hydrogens is 154 g/mol. The lowest BCUT2D eigenvalue weighted by Gasteiger charge is -2.15. The summed E-state index contributed by atoms with van der Waals surface area (Å²) in [6.45, 7) is 3.41. The van der Waals surface area contributed by atoms with Crippen molar-refractivity contribution in [2.75, 3.05) is 0 Å². The molecule has 0 radical (unpaired) electrons. The summed E-state index contributed by atoms with van der Waals surface area (Å²) in [5, 5.41) is 0. The number of carbonyl (C=O) groups excluding carboxylic acids is 1. The molecule has 0 aliphatic rings. The van der Waals surface area contributed by atoms with Gasteiger partial charge in [0.1, 0.15) is 0 Å². The maximum absolute atomic E-state index is 11.4. The van der Waals surface area contributed by atoms with E-state index in [1.165, 1.54) is 0 Å². The molecule has 2 N–H and O–H groups in total. The topological polar surface area (TPSA) is 56.2 Å². The van der Waals surface area contributed by atoms with E-state index in [4.69, 9.17) is 10.2 Å². The maximum atomic E-state index is 11.4. The van der Waals surface area contributed by atoms with Crippen LogP contribution >= 0.6 is 0 Å². The third kappa shape index (κ3) is 2.20. The fourth-order valence-corrected chi connectivity index (χ4v) is 0.806. The number of Topliss-reactive ketones (excluding diaryl/α,β-unsaturated/α-hetero) is 1. The summed E-state index contributed by atoms with van der Waals surface area (Å²) in [5.74, 6) is 0.0175. The van der Waals surface area contributed by atoms with Crippen LogP contribution in [0.25, 0.3) is 0 Å². The second-order valence-electron chi connectivity index (χ2n) is 3.45. The highest BCUT2D eigenvalue weighted by Gasteiger charge is 2.21. The molecule has 0 atom stereocenters. The number of nitrogens with two attached hydrogens (primary N) is 1. The standard InChI is InChI=1S/C9H13NO2/c1-9(2,10)8(11)5-7-3-4-12-6-7/h3-4,6H,5,10H2,1-2H3. The fourth-order valence-electron chi connectivity index (χ4n) is 0.806. The van der Waals surface area contributed by atoms with Crippen LogP contribution in [0.5, 0.6) is 0 Å². The summed E-state index contributed by atoms with van der Waals surface area (Å²) in [5.41, 5.74) is 5.74. The zero-order chi connectivity index (χ0) is 9.19. The molecule has 0 spiro atoms. The van der Waals surface area contributed by atoms with E-state index in [2.05, 4.69) is 0 Å². The molecule has 0 unspecified atom stereocenters. The van der Waals surface area contributed by atoms with Gasteiger partial charge in [0.05, 0.1) is 18.1 Å². The zero-order valence-corrected chi connectivity index (χ0v) is 7.33. The molecule has 0 bridgehead atoms. The van der Waals surface area contributed by atoms with Gasteiger partial charge in [0.15, 0.2) is 5.78 Å². The summed E-state index contributed by atoms with van der Waals surface area (Å²) >= 11 is 0. The predicted octanol–water partition coefficient (Wildman–Crippen LogP) is 1.13. The lowest BCUT2D eigenvalue weighted by molar-refractivity contribution is -0.122. The minimum absolute atomic E-state index is 0.0175. The van der Waals surface area contributed by atoms with Crippen LogP contribution in [-0.2, 0) is 11.2 Å². The quantitative estimate of drug-likeness (QED) is 0.734. The molecule has 3 nitrogen and oxygen atoms in total. The van der Waals surface area contributed by atoms with E-state index in [9.17, 15) is 4.79 Å².